The van der Waals surface area contributed by atoms with E-state index in [1.54, 1.807) is 0 Å². The summed E-state index contributed by atoms with van der Waals surface area (Å²) in [4.78, 5) is 4.74. The van der Waals surface area contributed by atoms with Crippen molar-refractivity contribution in [2.45, 2.75) is 19.8 Å². The highest BCUT2D eigenvalue weighted by molar-refractivity contribution is 7.18. The van der Waals surface area contributed by atoms with Gasteiger partial charge in [-0.25, -0.2) is 4.98 Å². The Kier molecular flexibility index (Phi) is 3.12. The predicted octanol–water partition coefficient (Wildman–Crippen LogP) is 3.08. The molecule has 0 radical (unpaired) electrons. The van der Waals surface area contributed by atoms with Crippen LogP contribution < -0.4 is 5.32 Å². The van der Waals surface area contributed by atoms with Crippen LogP contribution in [0.4, 0.5) is 0 Å². The van der Waals surface area contributed by atoms with Gasteiger partial charge in [-0.05, 0) is 43.5 Å². The Bertz CT molecular complexity index is 473. The molecule has 1 aromatic carbocycles. The van der Waals surface area contributed by atoms with Crippen LogP contribution in [0.1, 0.15) is 18.4 Å². The summed E-state index contributed by atoms with van der Waals surface area (Å²) in [7, 11) is 0. The normalized spacial score (nSPS) is 25.2. The van der Waals surface area contributed by atoms with Crippen LogP contribution in [0.25, 0.3) is 10.2 Å². The minimum Gasteiger partial charge on any atom is -0.316 e. The molecule has 1 aliphatic rings. The fourth-order valence-corrected chi connectivity index (χ4v) is 3.66. The van der Waals surface area contributed by atoms with Crippen molar-refractivity contribution in [3.63, 3.8) is 0 Å². The van der Waals surface area contributed by atoms with E-state index in [9.17, 15) is 0 Å². The van der Waals surface area contributed by atoms with Crippen LogP contribution in [0.2, 0.25) is 0 Å². The Hall–Kier alpha value is -0.930. The van der Waals surface area contributed by atoms with E-state index in [-0.39, 0.29) is 0 Å². The first-order valence-corrected chi connectivity index (χ1v) is 7.20. The summed E-state index contributed by atoms with van der Waals surface area (Å²) in [6.45, 7) is 4.68. The molecule has 1 aliphatic heterocycles. The first-order valence-electron chi connectivity index (χ1n) is 6.38. The molecule has 0 amide bonds. The van der Waals surface area contributed by atoms with Gasteiger partial charge >= 0.3 is 0 Å². The van der Waals surface area contributed by atoms with Crippen molar-refractivity contribution in [2.24, 2.45) is 11.8 Å². The van der Waals surface area contributed by atoms with E-state index in [0.717, 1.165) is 30.3 Å². The van der Waals surface area contributed by atoms with Crippen LogP contribution in [-0.4, -0.2) is 18.1 Å². The Morgan fingerprint density at radius 2 is 2.29 bits per heavy atom. The lowest BCUT2D eigenvalue weighted by molar-refractivity contribution is 0.272. The maximum Gasteiger partial charge on any atom is 0.0941 e. The van der Waals surface area contributed by atoms with Crippen molar-refractivity contribution in [3.8, 4) is 0 Å². The first kappa shape index (κ1) is 11.2. The SMILES string of the molecule is CC1CNCCC1Cc1nc2ccccc2s1. The van der Waals surface area contributed by atoms with Gasteiger partial charge in [0.05, 0.1) is 15.2 Å². The highest BCUT2D eigenvalue weighted by atomic mass is 32.1. The summed E-state index contributed by atoms with van der Waals surface area (Å²) in [5, 5.41) is 4.77. The number of benzene rings is 1. The number of nitrogens with zero attached hydrogens (tertiary/aromatic N) is 1. The fraction of sp³-hybridized carbons (Fsp3) is 0.500. The van der Waals surface area contributed by atoms with Crippen LogP contribution in [0.5, 0.6) is 0 Å². The third-order valence-electron chi connectivity index (χ3n) is 3.74. The molecule has 2 nitrogen and oxygen atoms in total. The molecule has 0 aliphatic carbocycles. The second kappa shape index (κ2) is 4.75. The number of thiazole rings is 1. The second-order valence-electron chi connectivity index (χ2n) is 5.01. The Morgan fingerprint density at radius 1 is 1.41 bits per heavy atom. The Morgan fingerprint density at radius 3 is 3.12 bits per heavy atom. The Balaban J connectivity index is 1.79. The van der Waals surface area contributed by atoms with Crippen LogP contribution in [-0.2, 0) is 6.42 Å². The standard InChI is InChI=1S/C14H18N2S/c1-10-9-15-7-6-11(10)8-14-16-12-4-2-3-5-13(12)17-14/h2-5,10-11,15H,6-9H2,1H3. The lowest BCUT2D eigenvalue weighted by Crippen LogP contribution is -2.35. The van der Waals surface area contributed by atoms with Gasteiger partial charge in [0, 0.05) is 6.42 Å². The maximum atomic E-state index is 4.74. The number of nitrogens with one attached hydrogen (secondary N) is 1. The number of hydrogen-bond donors (Lipinski definition) is 1. The molecule has 1 aromatic heterocycles. The highest BCUT2D eigenvalue weighted by Gasteiger charge is 2.22. The first-order chi connectivity index (χ1) is 8.33. The minimum absolute atomic E-state index is 0.774. The molecular formula is C14H18N2S. The quantitative estimate of drug-likeness (QED) is 0.881. The molecule has 2 unspecified atom stereocenters. The van der Waals surface area contributed by atoms with Crippen molar-refractivity contribution in [2.75, 3.05) is 13.1 Å². The van der Waals surface area contributed by atoms with Gasteiger partial charge in [-0.3, -0.25) is 0 Å². The summed E-state index contributed by atoms with van der Waals surface area (Å²) >= 11 is 1.86. The zero-order chi connectivity index (χ0) is 11.7. The summed E-state index contributed by atoms with van der Waals surface area (Å²) in [5.74, 6) is 1.58. The van der Waals surface area contributed by atoms with E-state index in [1.165, 1.54) is 22.7 Å². The number of fused-ring (bicyclic) bond motifs is 1. The molecule has 90 valence electrons. The third-order valence-corrected chi connectivity index (χ3v) is 4.80. The molecule has 0 spiro atoms. The molecule has 2 aromatic rings. The number of aromatic nitrogens is 1. The summed E-state index contributed by atoms with van der Waals surface area (Å²) in [5.41, 5.74) is 1.16. The molecule has 1 fully saturated rings. The monoisotopic (exact) mass is 246 g/mol. The minimum atomic E-state index is 0.774. The second-order valence-corrected chi connectivity index (χ2v) is 6.12. The van der Waals surface area contributed by atoms with Crippen LogP contribution in [0, 0.1) is 11.8 Å². The molecule has 17 heavy (non-hydrogen) atoms. The lowest BCUT2D eigenvalue weighted by atomic mass is 9.86. The number of rotatable bonds is 2. The molecule has 3 rings (SSSR count). The van der Waals surface area contributed by atoms with E-state index in [0.29, 0.717) is 0 Å². The van der Waals surface area contributed by atoms with Gasteiger partial charge in [0.15, 0.2) is 0 Å². The van der Waals surface area contributed by atoms with Crippen molar-refractivity contribution in [1.82, 2.24) is 10.3 Å². The number of piperidine rings is 1. The van der Waals surface area contributed by atoms with E-state index in [2.05, 4.69) is 36.5 Å². The third kappa shape index (κ3) is 2.35. The van der Waals surface area contributed by atoms with E-state index < -0.39 is 0 Å². The molecule has 2 atom stereocenters. The molecular weight excluding hydrogens is 228 g/mol. The smallest absolute Gasteiger partial charge is 0.0941 e. The molecule has 1 N–H and O–H groups in total. The summed E-state index contributed by atoms with van der Waals surface area (Å²) in [6.07, 6.45) is 2.44. The average molecular weight is 246 g/mol. The fourth-order valence-electron chi connectivity index (χ4n) is 2.60. The van der Waals surface area contributed by atoms with Gasteiger partial charge in [-0.15, -0.1) is 11.3 Å². The van der Waals surface area contributed by atoms with Gasteiger partial charge in [-0.1, -0.05) is 19.1 Å². The van der Waals surface area contributed by atoms with E-state index in [1.807, 2.05) is 11.3 Å². The zero-order valence-electron chi connectivity index (χ0n) is 10.1. The lowest BCUT2D eigenvalue weighted by Gasteiger charge is -2.28. The summed E-state index contributed by atoms with van der Waals surface area (Å²) < 4.78 is 1.32. The molecule has 2 heterocycles. The van der Waals surface area contributed by atoms with Crippen LogP contribution in [0.15, 0.2) is 24.3 Å². The number of hydrogen-bond acceptors (Lipinski definition) is 3. The van der Waals surface area contributed by atoms with Gasteiger partial charge in [0.1, 0.15) is 0 Å². The molecule has 1 saturated heterocycles. The average Bonchev–Trinajstić information content (AvgIpc) is 2.74. The zero-order valence-corrected chi connectivity index (χ0v) is 11.0. The van der Waals surface area contributed by atoms with Crippen molar-refractivity contribution >= 4 is 21.6 Å². The van der Waals surface area contributed by atoms with Crippen molar-refractivity contribution in [3.05, 3.63) is 29.3 Å². The van der Waals surface area contributed by atoms with E-state index >= 15 is 0 Å². The van der Waals surface area contributed by atoms with Crippen LogP contribution >= 0.6 is 11.3 Å². The van der Waals surface area contributed by atoms with Crippen LogP contribution in [0.3, 0.4) is 0 Å². The molecule has 3 heteroatoms. The van der Waals surface area contributed by atoms with Crippen molar-refractivity contribution < 1.29 is 0 Å². The molecule has 0 saturated carbocycles. The maximum absolute atomic E-state index is 4.74. The summed E-state index contributed by atoms with van der Waals surface area (Å²) in [6, 6.07) is 8.44. The topological polar surface area (TPSA) is 24.9 Å². The van der Waals surface area contributed by atoms with Gasteiger partial charge in [0.2, 0.25) is 0 Å². The number of para-hydroxylation sites is 1. The van der Waals surface area contributed by atoms with Crippen molar-refractivity contribution in [1.29, 1.82) is 0 Å². The largest absolute Gasteiger partial charge is 0.316 e. The van der Waals surface area contributed by atoms with E-state index in [4.69, 9.17) is 4.98 Å². The van der Waals surface area contributed by atoms with Gasteiger partial charge < -0.3 is 5.32 Å². The predicted molar refractivity (Wildman–Crippen MR) is 73.5 cm³/mol. The van der Waals surface area contributed by atoms with Gasteiger partial charge in [0.25, 0.3) is 0 Å². The Labute approximate surface area is 106 Å². The van der Waals surface area contributed by atoms with Gasteiger partial charge in [-0.2, -0.15) is 0 Å². The highest BCUT2D eigenvalue weighted by Crippen LogP contribution is 2.28. The molecule has 0 bridgehead atoms.